The average molecular weight is 229 g/mol. The maximum atomic E-state index is 11.1. The highest BCUT2D eigenvalue weighted by Crippen LogP contribution is 1.98. The van der Waals surface area contributed by atoms with Crippen molar-refractivity contribution in [1.29, 1.82) is 0 Å². The third kappa shape index (κ3) is 8.44. The second kappa shape index (κ2) is 10.6. The Morgan fingerprint density at radius 2 is 1.75 bits per heavy atom. The van der Waals surface area contributed by atoms with Crippen LogP contribution in [-0.4, -0.2) is 25.5 Å². The van der Waals surface area contributed by atoms with Crippen molar-refractivity contribution in [2.75, 3.05) is 13.2 Å². The van der Waals surface area contributed by atoms with Crippen LogP contribution in [0.3, 0.4) is 0 Å². The first-order valence-electron chi connectivity index (χ1n) is 5.90. The molecule has 0 aliphatic heterocycles. The van der Waals surface area contributed by atoms with Gasteiger partial charge < -0.3 is 14.8 Å². The predicted octanol–water partition coefficient (Wildman–Crippen LogP) is 2.21. The molecule has 0 fully saturated rings. The molecular weight excluding hydrogens is 206 g/mol. The molecule has 0 aliphatic rings. The molecule has 0 saturated carbocycles. The maximum Gasteiger partial charge on any atom is 0.247 e. The zero-order valence-electron chi connectivity index (χ0n) is 10.3. The Morgan fingerprint density at radius 1 is 1.25 bits per heavy atom. The highest BCUT2D eigenvalue weighted by Gasteiger charge is 2.10. The first-order chi connectivity index (χ1) is 7.74. The number of rotatable bonds is 10. The molecule has 1 N–H and O–H groups in total. The van der Waals surface area contributed by atoms with Gasteiger partial charge in [-0.05, 0) is 18.9 Å². The Labute approximate surface area is 98.0 Å². The molecule has 0 rings (SSSR count). The van der Waals surface area contributed by atoms with Gasteiger partial charge in [0.05, 0.1) is 13.2 Å². The van der Waals surface area contributed by atoms with Crippen LogP contribution in [0.5, 0.6) is 0 Å². The summed E-state index contributed by atoms with van der Waals surface area (Å²) in [7, 11) is 0. The average Bonchev–Trinajstić information content (AvgIpc) is 2.29. The van der Waals surface area contributed by atoms with E-state index < -0.39 is 6.41 Å². The molecule has 1 amide bonds. The zero-order chi connectivity index (χ0) is 12.2. The summed E-state index contributed by atoms with van der Waals surface area (Å²) in [4.78, 5) is 11.1. The van der Waals surface area contributed by atoms with Gasteiger partial charge in [0.1, 0.15) is 0 Å². The van der Waals surface area contributed by atoms with E-state index in [0.717, 1.165) is 25.7 Å². The topological polar surface area (TPSA) is 47.6 Å². The number of hydrogen-bond acceptors (Lipinski definition) is 3. The van der Waals surface area contributed by atoms with Gasteiger partial charge in [0, 0.05) is 0 Å². The molecule has 0 aromatic carbocycles. The highest BCUT2D eigenvalue weighted by atomic mass is 16.7. The summed E-state index contributed by atoms with van der Waals surface area (Å²) >= 11 is 0. The van der Waals surface area contributed by atoms with Crippen LogP contribution in [0.1, 0.15) is 39.5 Å². The lowest BCUT2D eigenvalue weighted by atomic mass is 10.4. The zero-order valence-corrected chi connectivity index (χ0v) is 10.3. The first-order valence-corrected chi connectivity index (χ1v) is 5.90. The van der Waals surface area contributed by atoms with Crippen molar-refractivity contribution in [3.8, 4) is 0 Å². The summed E-state index contributed by atoms with van der Waals surface area (Å²) in [5.74, 6) is -0.280. The minimum absolute atomic E-state index is 0.280. The summed E-state index contributed by atoms with van der Waals surface area (Å²) in [5.41, 5.74) is 0. The molecule has 0 atom stereocenters. The molecule has 0 unspecified atom stereocenters. The van der Waals surface area contributed by atoms with E-state index in [1.807, 2.05) is 0 Å². The van der Waals surface area contributed by atoms with Crippen LogP contribution in [0, 0.1) is 0 Å². The molecule has 4 heteroatoms. The number of nitrogens with one attached hydrogen (secondary N) is 1. The van der Waals surface area contributed by atoms with Gasteiger partial charge in [-0.1, -0.05) is 33.3 Å². The third-order valence-electron chi connectivity index (χ3n) is 1.98. The maximum absolute atomic E-state index is 11.1. The van der Waals surface area contributed by atoms with Crippen LogP contribution in [-0.2, 0) is 14.3 Å². The van der Waals surface area contributed by atoms with E-state index in [9.17, 15) is 4.79 Å². The standard InChI is InChI=1S/C12H23NO3/c1-4-7-9-15-12(13-11(14)6-3)16-10-8-5-2/h6,12H,3-5,7-10H2,1-2H3,(H,13,14). The molecule has 0 aromatic heterocycles. The fraction of sp³-hybridized carbons (Fsp3) is 0.750. The molecule has 0 aliphatic carbocycles. The molecule has 0 radical (unpaired) electrons. The van der Waals surface area contributed by atoms with E-state index >= 15 is 0 Å². The lowest BCUT2D eigenvalue weighted by Crippen LogP contribution is -2.38. The number of carbonyl (C=O) groups is 1. The van der Waals surface area contributed by atoms with Crippen LogP contribution in [0.15, 0.2) is 12.7 Å². The Balaban J connectivity index is 3.84. The van der Waals surface area contributed by atoms with Crippen molar-refractivity contribution in [2.24, 2.45) is 0 Å². The van der Waals surface area contributed by atoms with Crippen LogP contribution >= 0.6 is 0 Å². The lowest BCUT2D eigenvalue weighted by Gasteiger charge is -2.18. The van der Waals surface area contributed by atoms with Gasteiger partial charge in [-0.2, -0.15) is 0 Å². The number of unbranched alkanes of at least 4 members (excludes halogenated alkanes) is 2. The molecule has 4 nitrogen and oxygen atoms in total. The molecule has 0 heterocycles. The molecular formula is C12H23NO3. The Morgan fingerprint density at radius 3 is 2.12 bits per heavy atom. The second-order valence-corrected chi connectivity index (χ2v) is 3.49. The Hall–Kier alpha value is -0.870. The first kappa shape index (κ1) is 15.1. The summed E-state index contributed by atoms with van der Waals surface area (Å²) in [6.07, 6.45) is 4.58. The third-order valence-corrected chi connectivity index (χ3v) is 1.98. The summed E-state index contributed by atoms with van der Waals surface area (Å²) < 4.78 is 10.8. The van der Waals surface area contributed by atoms with Crippen molar-refractivity contribution in [1.82, 2.24) is 5.32 Å². The van der Waals surface area contributed by atoms with E-state index in [2.05, 4.69) is 25.7 Å². The van der Waals surface area contributed by atoms with Gasteiger partial charge in [-0.25, -0.2) is 0 Å². The molecule has 0 aromatic rings. The summed E-state index contributed by atoms with van der Waals surface area (Å²) in [6.45, 7) is 8.72. The second-order valence-electron chi connectivity index (χ2n) is 3.49. The molecule has 0 saturated heterocycles. The Kier molecular flexibility index (Phi) is 10.1. The van der Waals surface area contributed by atoms with Crippen molar-refractivity contribution >= 4 is 5.91 Å². The quantitative estimate of drug-likeness (QED) is 0.355. The van der Waals surface area contributed by atoms with E-state index in [4.69, 9.17) is 9.47 Å². The lowest BCUT2D eigenvalue weighted by molar-refractivity contribution is -0.168. The van der Waals surface area contributed by atoms with Crippen LogP contribution < -0.4 is 5.32 Å². The van der Waals surface area contributed by atoms with Crippen molar-refractivity contribution in [3.63, 3.8) is 0 Å². The molecule has 0 spiro atoms. The predicted molar refractivity (Wildman–Crippen MR) is 63.8 cm³/mol. The van der Waals surface area contributed by atoms with Crippen molar-refractivity contribution in [3.05, 3.63) is 12.7 Å². The highest BCUT2D eigenvalue weighted by molar-refractivity contribution is 5.86. The van der Waals surface area contributed by atoms with E-state index in [1.54, 1.807) is 0 Å². The van der Waals surface area contributed by atoms with Gasteiger partial charge in [-0.15, -0.1) is 0 Å². The van der Waals surface area contributed by atoms with E-state index in [1.165, 1.54) is 6.08 Å². The molecule has 0 bridgehead atoms. The van der Waals surface area contributed by atoms with Crippen molar-refractivity contribution in [2.45, 2.75) is 45.9 Å². The monoisotopic (exact) mass is 229 g/mol. The number of hydrogen-bond donors (Lipinski definition) is 1. The van der Waals surface area contributed by atoms with Crippen LogP contribution in [0.25, 0.3) is 0 Å². The van der Waals surface area contributed by atoms with Crippen LogP contribution in [0.2, 0.25) is 0 Å². The minimum atomic E-state index is -0.649. The largest absolute Gasteiger partial charge is 0.335 e. The van der Waals surface area contributed by atoms with Crippen molar-refractivity contribution < 1.29 is 14.3 Å². The van der Waals surface area contributed by atoms with Gasteiger partial charge in [0.2, 0.25) is 12.3 Å². The van der Waals surface area contributed by atoms with Gasteiger partial charge in [0.25, 0.3) is 0 Å². The van der Waals surface area contributed by atoms with Crippen LogP contribution in [0.4, 0.5) is 0 Å². The summed E-state index contributed by atoms with van der Waals surface area (Å²) in [5, 5.41) is 2.58. The fourth-order valence-corrected chi connectivity index (χ4v) is 0.976. The van der Waals surface area contributed by atoms with E-state index in [-0.39, 0.29) is 5.91 Å². The summed E-state index contributed by atoms with van der Waals surface area (Å²) in [6, 6.07) is 0. The molecule has 16 heavy (non-hydrogen) atoms. The Bertz CT molecular complexity index is 185. The van der Waals surface area contributed by atoms with Gasteiger partial charge in [0.15, 0.2) is 0 Å². The normalized spacial score (nSPS) is 10.4. The molecule has 94 valence electrons. The van der Waals surface area contributed by atoms with Gasteiger partial charge in [-0.3, -0.25) is 4.79 Å². The van der Waals surface area contributed by atoms with E-state index in [0.29, 0.717) is 13.2 Å². The fourth-order valence-electron chi connectivity index (χ4n) is 0.976. The smallest absolute Gasteiger partial charge is 0.247 e. The minimum Gasteiger partial charge on any atom is -0.335 e. The number of amides is 1. The van der Waals surface area contributed by atoms with Gasteiger partial charge >= 0.3 is 0 Å². The number of carbonyl (C=O) groups excluding carboxylic acids is 1. The number of ether oxygens (including phenoxy) is 2. The SMILES string of the molecule is C=CC(=O)NC(OCCCC)OCCCC.